The smallest absolute Gasteiger partial charge is 0.219 e. The van der Waals surface area contributed by atoms with Crippen molar-refractivity contribution in [2.75, 3.05) is 62.9 Å². The molecule has 0 saturated carbocycles. The summed E-state index contributed by atoms with van der Waals surface area (Å²) < 4.78 is 29.7. The fourth-order valence-electron chi connectivity index (χ4n) is 3.07. The van der Waals surface area contributed by atoms with E-state index in [4.69, 9.17) is 28.4 Å². The zero-order valence-corrected chi connectivity index (χ0v) is 21.2. The van der Waals surface area contributed by atoms with Crippen LogP contribution in [0.3, 0.4) is 0 Å². The maximum absolute atomic E-state index is 11.2. The highest BCUT2D eigenvalue weighted by molar-refractivity contribution is 5.77. The van der Waals surface area contributed by atoms with Crippen LogP contribution in [0, 0.1) is 0 Å². The van der Waals surface area contributed by atoms with Gasteiger partial charge in [0.25, 0.3) is 0 Å². The second-order valence-electron chi connectivity index (χ2n) is 7.23. The first-order valence-corrected chi connectivity index (χ1v) is 10.3. The van der Waals surface area contributed by atoms with Crippen LogP contribution in [0.1, 0.15) is 6.92 Å². The molecule has 0 radical (unpaired) electrons. The van der Waals surface area contributed by atoms with Crippen molar-refractivity contribution in [3.8, 4) is 0 Å². The first kappa shape index (κ1) is 34.6. The molecule has 0 unspecified atom stereocenters. The third-order valence-electron chi connectivity index (χ3n) is 5.08. The van der Waals surface area contributed by atoms with E-state index in [-0.39, 0.29) is 19.1 Å². The Balaban J connectivity index is 0. The molecule has 34 heavy (non-hydrogen) atoms. The molecule has 0 bridgehead atoms. The molecule has 0 rings (SSSR count). The Morgan fingerprint density at radius 2 is 1.24 bits per heavy atom. The van der Waals surface area contributed by atoms with Crippen molar-refractivity contribution in [1.82, 2.24) is 4.90 Å². The highest BCUT2D eigenvalue weighted by Crippen LogP contribution is 2.14. The number of hydrogen-bond acceptors (Lipinski definition) is 12. The van der Waals surface area contributed by atoms with Gasteiger partial charge in [0, 0.05) is 56.6 Å². The number of aliphatic hydroxyl groups is 3. The molecule has 0 aliphatic carbocycles. The lowest BCUT2D eigenvalue weighted by atomic mass is 10.0. The van der Waals surface area contributed by atoms with Crippen LogP contribution in [-0.4, -0.2) is 150 Å². The summed E-state index contributed by atoms with van der Waals surface area (Å²) in [5, 5.41) is 29.2. The van der Waals surface area contributed by atoms with Crippen molar-refractivity contribution in [1.29, 1.82) is 0 Å². The lowest BCUT2D eigenvalue weighted by Gasteiger charge is -2.33. The number of ether oxygens (including phenoxy) is 6. The number of hydrogen-bond donors (Lipinski definition) is 3. The number of carbonyl (C=O) groups is 3. The molecular formula is C21H41NO12. The van der Waals surface area contributed by atoms with Gasteiger partial charge >= 0.3 is 0 Å². The van der Waals surface area contributed by atoms with E-state index in [2.05, 4.69) is 0 Å². The molecule has 202 valence electrons. The Hall–Kier alpha value is -1.55. The first-order chi connectivity index (χ1) is 16.1. The molecule has 0 saturated heterocycles. The fourth-order valence-corrected chi connectivity index (χ4v) is 3.07. The number of aliphatic hydroxyl groups excluding tert-OH is 3. The van der Waals surface area contributed by atoms with Crippen molar-refractivity contribution in [3.63, 3.8) is 0 Å². The van der Waals surface area contributed by atoms with Crippen LogP contribution in [0.25, 0.3) is 0 Å². The van der Waals surface area contributed by atoms with Gasteiger partial charge in [-0.1, -0.05) is 0 Å². The van der Waals surface area contributed by atoms with Gasteiger partial charge in [-0.15, -0.1) is 0 Å². The molecule has 0 fully saturated rings. The second kappa shape index (κ2) is 19.7. The monoisotopic (exact) mass is 499 g/mol. The molecule has 0 aromatic rings. The summed E-state index contributed by atoms with van der Waals surface area (Å²) in [5.41, 5.74) is 0. The third kappa shape index (κ3) is 11.3. The molecule has 13 nitrogen and oxygen atoms in total. The van der Waals surface area contributed by atoms with Gasteiger partial charge in [0.15, 0.2) is 6.29 Å². The Bertz CT molecular complexity index is 552. The summed E-state index contributed by atoms with van der Waals surface area (Å²) >= 11 is 0. The quantitative estimate of drug-likeness (QED) is 0.182. The third-order valence-corrected chi connectivity index (χ3v) is 5.08. The lowest BCUT2D eigenvalue weighted by molar-refractivity contribution is -0.156. The number of methoxy groups -OCH3 is 6. The molecule has 3 N–H and O–H groups in total. The summed E-state index contributed by atoms with van der Waals surface area (Å²) in [7, 11) is 9.78. The van der Waals surface area contributed by atoms with Crippen LogP contribution < -0.4 is 0 Å². The minimum atomic E-state index is -1.34. The highest BCUT2D eigenvalue weighted by Gasteiger charge is 2.36. The number of likely N-dealkylation sites (N-methyl/N-ethyl adjacent to an activating group) is 1. The van der Waals surface area contributed by atoms with E-state index in [1.807, 2.05) is 0 Å². The summed E-state index contributed by atoms with van der Waals surface area (Å²) in [6.45, 7) is 1.28. The van der Waals surface area contributed by atoms with Crippen LogP contribution in [0.4, 0.5) is 0 Å². The van der Waals surface area contributed by atoms with Crippen molar-refractivity contribution in [3.05, 3.63) is 0 Å². The topological polar surface area (TPSA) is 171 Å². The highest BCUT2D eigenvalue weighted by atomic mass is 16.6. The summed E-state index contributed by atoms with van der Waals surface area (Å²) in [5.74, 6) is -0.345. The number of nitrogens with zero attached hydrogens (tertiary/aromatic N) is 1. The zero-order valence-electron chi connectivity index (χ0n) is 21.2. The molecule has 0 aliphatic rings. The van der Waals surface area contributed by atoms with E-state index in [1.54, 1.807) is 0 Å². The van der Waals surface area contributed by atoms with Crippen LogP contribution in [-0.2, 0) is 42.8 Å². The van der Waals surface area contributed by atoms with Crippen LogP contribution in [0.5, 0.6) is 0 Å². The molecule has 0 aromatic heterocycles. The SMILES string of the molecule is COC[C@@H](O)[C@@H](O)[C@H](OC)[C@H](C=O)N(C)C(C)=O.COC[C@@H](O)[C@H](OC)[C@H](OC)[C@H](C=O)OC. The average molecular weight is 500 g/mol. The Labute approximate surface area is 200 Å². The van der Waals surface area contributed by atoms with Gasteiger partial charge < -0.3 is 58.2 Å². The predicted molar refractivity (Wildman–Crippen MR) is 119 cm³/mol. The molecule has 0 heterocycles. The first-order valence-electron chi connectivity index (χ1n) is 10.3. The van der Waals surface area contributed by atoms with Crippen molar-refractivity contribution in [2.24, 2.45) is 0 Å². The summed E-state index contributed by atoms with van der Waals surface area (Å²) in [6.07, 6.45) is -5.52. The molecule has 1 amide bonds. The average Bonchev–Trinajstić information content (AvgIpc) is 2.82. The molecule has 0 aliphatic heterocycles. The normalized spacial score (nSPS) is 18.2. The largest absolute Gasteiger partial charge is 0.388 e. The lowest BCUT2D eigenvalue weighted by Crippen LogP contribution is -2.54. The second-order valence-corrected chi connectivity index (χ2v) is 7.23. The van der Waals surface area contributed by atoms with Gasteiger partial charge in [-0.2, -0.15) is 0 Å². The van der Waals surface area contributed by atoms with Crippen LogP contribution >= 0.6 is 0 Å². The molecule has 0 aromatic carbocycles. The van der Waals surface area contributed by atoms with E-state index >= 15 is 0 Å². The van der Waals surface area contributed by atoms with Crippen molar-refractivity contribution in [2.45, 2.75) is 55.7 Å². The van der Waals surface area contributed by atoms with E-state index in [1.165, 1.54) is 56.6 Å². The Morgan fingerprint density at radius 3 is 1.56 bits per heavy atom. The van der Waals surface area contributed by atoms with Crippen LogP contribution in [0.15, 0.2) is 0 Å². The number of rotatable bonds is 17. The minimum Gasteiger partial charge on any atom is -0.388 e. The minimum absolute atomic E-state index is 0.0909. The maximum atomic E-state index is 11.2. The zero-order chi connectivity index (χ0) is 26.8. The predicted octanol–water partition coefficient (Wildman–Crippen LogP) is -2.35. The van der Waals surface area contributed by atoms with E-state index < -0.39 is 48.8 Å². The molecule has 0 spiro atoms. The standard InChI is InChI=1S/C11H21NO6.C10H20O6/c1-7(14)12(2)8(5-13)11(18-4)10(16)9(15)6-17-3;1-13-6-7(12)9(15-3)10(16-4)8(5-11)14-2/h5,8-11,15-16H,6H2,1-4H3;5,7-10,12H,6H2,1-4H3/t8-,9+,10+,11+;7-,8+,9+,10-/m01/s1. The number of amides is 1. The van der Waals surface area contributed by atoms with E-state index in [0.29, 0.717) is 12.6 Å². The molecular weight excluding hydrogens is 458 g/mol. The van der Waals surface area contributed by atoms with Gasteiger partial charge in [0.2, 0.25) is 5.91 Å². The van der Waals surface area contributed by atoms with Gasteiger partial charge in [-0.05, 0) is 0 Å². The maximum Gasteiger partial charge on any atom is 0.219 e. The summed E-state index contributed by atoms with van der Waals surface area (Å²) in [4.78, 5) is 34.2. The summed E-state index contributed by atoms with van der Waals surface area (Å²) in [6, 6.07) is -0.978. The molecule has 13 heteroatoms. The van der Waals surface area contributed by atoms with Crippen molar-refractivity contribution < 1.29 is 58.1 Å². The Morgan fingerprint density at radius 1 is 0.765 bits per heavy atom. The Kier molecular flexibility index (Phi) is 20.1. The van der Waals surface area contributed by atoms with Gasteiger partial charge in [0.05, 0.1) is 13.2 Å². The van der Waals surface area contributed by atoms with Gasteiger partial charge in [-0.25, -0.2) is 0 Å². The van der Waals surface area contributed by atoms with E-state index in [0.717, 1.165) is 4.90 Å². The van der Waals surface area contributed by atoms with Gasteiger partial charge in [0.1, 0.15) is 55.1 Å². The van der Waals surface area contributed by atoms with E-state index in [9.17, 15) is 29.7 Å². The van der Waals surface area contributed by atoms with Crippen LogP contribution in [0.2, 0.25) is 0 Å². The number of aldehydes is 2. The fraction of sp³-hybridized carbons (Fsp3) is 0.857. The van der Waals surface area contributed by atoms with Crippen molar-refractivity contribution >= 4 is 18.5 Å². The molecule has 8 atom stereocenters. The van der Waals surface area contributed by atoms with Gasteiger partial charge in [-0.3, -0.25) is 4.79 Å². The number of carbonyl (C=O) groups excluding carboxylic acids is 3.